The predicted molar refractivity (Wildman–Crippen MR) is 314 cm³/mol. The maximum Gasteiger partial charge on any atom is 0.148 e. The van der Waals surface area contributed by atoms with Gasteiger partial charge in [0, 0.05) is 45.4 Å². The number of hydrogen-bond acceptors (Lipinski definition) is 2. The lowest BCUT2D eigenvalue weighted by molar-refractivity contribution is 0.586. The maximum absolute atomic E-state index is 17.4. The summed E-state index contributed by atoms with van der Waals surface area (Å²) in [7, 11) is -3.47. The molecule has 0 unspecified atom stereocenters. The van der Waals surface area contributed by atoms with E-state index in [4.69, 9.17) is 0 Å². The number of nitrogens with zero attached hydrogens (tertiary/aromatic N) is 2. The molecule has 0 atom stereocenters. The maximum atomic E-state index is 17.4. The topological polar surface area (TPSA) is 6.48 Å². The molecule has 10 rings (SSSR count). The zero-order chi connectivity index (χ0) is 52.8. The van der Waals surface area contributed by atoms with Crippen LogP contribution in [0.15, 0.2) is 170 Å². The molecule has 10 aromatic rings. The van der Waals surface area contributed by atoms with Crippen LogP contribution in [-0.4, -0.2) is 16.1 Å². The van der Waals surface area contributed by atoms with E-state index in [1.54, 1.807) is 0 Å². The lowest BCUT2D eigenvalue weighted by Crippen LogP contribution is -2.37. The molecule has 74 heavy (non-hydrogen) atoms. The van der Waals surface area contributed by atoms with Crippen molar-refractivity contribution in [3.63, 3.8) is 0 Å². The molecule has 0 saturated carbocycles. The van der Waals surface area contributed by atoms with Gasteiger partial charge in [0.1, 0.15) is 23.3 Å². The van der Waals surface area contributed by atoms with Crippen LogP contribution in [0.5, 0.6) is 0 Å². The van der Waals surface area contributed by atoms with E-state index in [1.807, 2.05) is 107 Å². The highest BCUT2D eigenvalue weighted by Crippen LogP contribution is 2.49. The zero-order valence-corrected chi connectivity index (χ0v) is 46.6. The molecule has 0 radical (unpaired) electrons. The van der Waals surface area contributed by atoms with E-state index in [1.165, 1.54) is 34.6 Å². The molecule has 0 spiro atoms. The van der Waals surface area contributed by atoms with Gasteiger partial charge in [-0.1, -0.05) is 200 Å². The summed E-state index contributed by atoms with van der Waals surface area (Å²) in [5.41, 5.74) is 5.78. The summed E-state index contributed by atoms with van der Waals surface area (Å²) in [4.78, 5) is 3.67. The molecule has 2 nitrogen and oxygen atoms in total. The van der Waals surface area contributed by atoms with E-state index in [0.717, 1.165) is 43.4 Å². The van der Waals surface area contributed by atoms with Crippen LogP contribution in [0.3, 0.4) is 0 Å². The third-order valence-electron chi connectivity index (χ3n) is 14.7. The molecule has 0 saturated heterocycles. The average molecular weight is 1020 g/mol. The molecule has 0 amide bonds. The van der Waals surface area contributed by atoms with Gasteiger partial charge in [-0.15, -0.1) is 0 Å². The molecule has 0 N–H and O–H groups in total. The fraction of sp³-hybridized carbons (Fsp3) is 0.212. The van der Waals surface area contributed by atoms with Gasteiger partial charge in [0.15, 0.2) is 0 Å². The number of anilines is 6. The van der Waals surface area contributed by atoms with Gasteiger partial charge in [-0.3, -0.25) is 0 Å². The Hall–Kier alpha value is -7.01. The van der Waals surface area contributed by atoms with E-state index in [-0.39, 0.29) is 33.3 Å². The summed E-state index contributed by atoms with van der Waals surface area (Å²) < 4.78 is 68.8. The van der Waals surface area contributed by atoms with Crippen LogP contribution in [0, 0.1) is 23.3 Å². The van der Waals surface area contributed by atoms with E-state index in [0.29, 0.717) is 33.9 Å². The second kappa shape index (κ2) is 18.4. The second-order valence-electron chi connectivity index (χ2n) is 24.0. The van der Waals surface area contributed by atoms with Crippen LogP contribution in [-0.2, 0) is 10.8 Å². The first-order chi connectivity index (χ1) is 34.9. The Morgan fingerprint density at radius 2 is 0.676 bits per heavy atom. The lowest BCUT2D eigenvalue weighted by atomic mass is 9.81. The number of halogens is 4. The van der Waals surface area contributed by atoms with Gasteiger partial charge in [-0.05, 0) is 103 Å². The predicted octanol–water partition coefficient (Wildman–Crippen LogP) is 19.1. The van der Waals surface area contributed by atoms with E-state index < -0.39 is 39.4 Å². The van der Waals surface area contributed by atoms with Gasteiger partial charge < -0.3 is 9.80 Å². The molecule has 0 aromatic heterocycles. The van der Waals surface area contributed by atoms with Crippen LogP contribution >= 0.6 is 0 Å². The fourth-order valence-corrected chi connectivity index (χ4v) is 13.1. The first kappa shape index (κ1) is 50.5. The van der Waals surface area contributed by atoms with Gasteiger partial charge >= 0.3 is 0 Å². The quantitative estimate of drug-likeness (QED) is 0.0765. The highest BCUT2D eigenvalue weighted by molar-refractivity contribution is 6.89. The highest BCUT2D eigenvalue weighted by atomic mass is 28.3. The van der Waals surface area contributed by atoms with Crippen LogP contribution in [0.4, 0.5) is 51.7 Å². The highest BCUT2D eigenvalue weighted by Gasteiger charge is 2.29. The number of rotatable bonds is 10. The van der Waals surface area contributed by atoms with Crippen LogP contribution in [0.1, 0.15) is 52.7 Å². The Labute approximate surface area is 436 Å². The van der Waals surface area contributed by atoms with Crippen molar-refractivity contribution in [2.75, 3.05) is 9.80 Å². The average Bonchev–Trinajstić information content (AvgIpc) is 3.35. The van der Waals surface area contributed by atoms with Gasteiger partial charge in [0.2, 0.25) is 0 Å². The summed E-state index contributed by atoms with van der Waals surface area (Å²) in [6.45, 7) is 26.2. The molecule has 0 fully saturated rings. The van der Waals surface area contributed by atoms with Gasteiger partial charge in [0.25, 0.3) is 0 Å². The Morgan fingerprint density at radius 3 is 1.01 bits per heavy atom. The first-order valence-corrected chi connectivity index (χ1v) is 32.6. The largest absolute Gasteiger partial charge is 0.307 e. The minimum Gasteiger partial charge on any atom is -0.307 e. The molecule has 8 heteroatoms. The molecular weight excluding hydrogens is 953 g/mol. The summed E-state index contributed by atoms with van der Waals surface area (Å²) in [5.74, 6) is -2.19. The molecule has 0 bridgehead atoms. The molecular formula is C66H64F4N2Si2. The Kier molecular flexibility index (Phi) is 12.6. The fourth-order valence-electron chi connectivity index (χ4n) is 10.8. The summed E-state index contributed by atoms with van der Waals surface area (Å²) in [6.07, 6.45) is 0. The Balaban J connectivity index is 1.20. The molecule has 0 heterocycles. The van der Waals surface area contributed by atoms with Crippen molar-refractivity contribution in [1.82, 2.24) is 0 Å². The van der Waals surface area contributed by atoms with Gasteiger partial charge in [-0.25, -0.2) is 17.6 Å². The molecule has 0 aliphatic heterocycles. The van der Waals surface area contributed by atoms with E-state index in [9.17, 15) is 0 Å². The molecule has 10 aromatic carbocycles. The van der Waals surface area contributed by atoms with Crippen LogP contribution in [0.25, 0.3) is 54.6 Å². The SMILES string of the molecule is CC(C)(C)c1ccccc1-c1cc(F)c(N(c2ccc([Si](C)(C)C)cc2)c2ccc3ccc4c(N(c5ccc([Si](C)(C)C)cc5)c5cc(F)c(-c6ccccc6C(C)(C)C)cc5F)ccc5ccc2c3c54)cc1F. The Bertz CT molecular complexity index is 3510. The van der Waals surface area contributed by atoms with Crippen molar-refractivity contribution < 1.29 is 17.6 Å². The van der Waals surface area contributed by atoms with E-state index >= 15 is 17.6 Å². The minimum absolute atomic E-state index is 0.0787. The van der Waals surface area contributed by atoms with Gasteiger partial charge in [0.05, 0.1) is 38.9 Å². The Morgan fingerprint density at radius 1 is 0.338 bits per heavy atom. The van der Waals surface area contributed by atoms with Crippen LogP contribution < -0.4 is 20.2 Å². The van der Waals surface area contributed by atoms with E-state index in [2.05, 4.69) is 129 Å². The summed E-state index contributed by atoms with van der Waals surface area (Å²) >= 11 is 0. The van der Waals surface area contributed by atoms with Crippen molar-refractivity contribution in [2.24, 2.45) is 0 Å². The first-order valence-electron chi connectivity index (χ1n) is 25.6. The van der Waals surface area contributed by atoms with Gasteiger partial charge in [-0.2, -0.15) is 0 Å². The van der Waals surface area contributed by atoms with Crippen LogP contribution in [0.2, 0.25) is 39.3 Å². The van der Waals surface area contributed by atoms with Crippen molar-refractivity contribution >= 4 is 93.0 Å². The third-order valence-corrected chi connectivity index (χ3v) is 18.8. The third kappa shape index (κ3) is 9.10. The normalized spacial score (nSPS) is 12.6. The van der Waals surface area contributed by atoms with Crippen molar-refractivity contribution in [2.45, 2.75) is 91.7 Å². The van der Waals surface area contributed by atoms with Crippen molar-refractivity contribution in [3.05, 3.63) is 204 Å². The molecule has 0 aliphatic carbocycles. The van der Waals surface area contributed by atoms with Crippen molar-refractivity contribution in [3.8, 4) is 22.3 Å². The standard InChI is InChI=1S/C66H64F4N2Si2/c1-65(2,3)53-19-15-13-17-47(53)51-37-57(69)61(39-55(51)67)71(43-25-29-45(30-26-43)73(7,8)9)59-35-23-41-22-34-50-60(36-24-42-21-33-49(59)63(41)64(42)50)72(44-27-31-46(32-28-44)74(10,11)12)62-40-56(68)52(38-58(62)70)48-18-14-16-20-54(48)66(4,5)6/h13-40H,1-12H3. The molecule has 374 valence electrons. The van der Waals surface area contributed by atoms with Crippen molar-refractivity contribution in [1.29, 1.82) is 0 Å². The lowest BCUT2D eigenvalue weighted by Gasteiger charge is -2.30. The molecule has 0 aliphatic rings. The number of hydrogen-bond donors (Lipinski definition) is 0. The minimum atomic E-state index is -1.73. The zero-order valence-electron chi connectivity index (χ0n) is 44.6. The smallest absolute Gasteiger partial charge is 0.148 e. The second-order valence-corrected chi connectivity index (χ2v) is 34.2. The summed E-state index contributed by atoms with van der Waals surface area (Å²) in [5, 5.41) is 7.83. The summed E-state index contributed by atoms with van der Waals surface area (Å²) in [6, 6.07) is 53.4. The number of benzene rings is 10. The monoisotopic (exact) mass is 1020 g/mol.